The zero-order valence-electron chi connectivity index (χ0n) is 15.2. The highest BCUT2D eigenvalue weighted by atomic mass is 16.2. The van der Waals surface area contributed by atoms with Crippen LogP contribution in [0, 0.1) is 6.92 Å². The van der Waals surface area contributed by atoms with Crippen molar-refractivity contribution in [2.45, 2.75) is 27.2 Å². The number of hydrogen-bond acceptors (Lipinski definition) is 3. The Hall–Kier alpha value is -3.15. The third-order valence-electron chi connectivity index (χ3n) is 3.84. The van der Waals surface area contributed by atoms with Gasteiger partial charge in [0.2, 0.25) is 17.7 Å². The van der Waals surface area contributed by atoms with Gasteiger partial charge in [0.05, 0.1) is 0 Å². The highest BCUT2D eigenvalue weighted by Gasteiger charge is 2.14. The Labute approximate surface area is 153 Å². The van der Waals surface area contributed by atoms with Gasteiger partial charge in [-0.05, 0) is 36.8 Å². The van der Waals surface area contributed by atoms with Crippen molar-refractivity contribution in [2.75, 3.05) is 22.1 Å². The van der Waals surface area contributed by atoms with Crippen molar-refractivity contribution >= 4 is 34.8 Å². The normalized spacial score (nSPS) is 10.1. The smallest absolute Gasteiger partial charge is 0.226 e. The summed E-state index contributed by atoms with van der Waals surface area (Å²) < 4.78 is 0. The molecule has 0 aliphatic rings. The van der Waals surface area contributed by atoms with Gasteiger partial charge in [-0.2, -0.15) is 0 Å². The molecule has 0 aliphatic carbocycles. The predicted molar refractivity (Wildman–Crippen MR) is 103 cm³/mol. The third-order valence-corrected chi connectivity index (χ3v) is 3.84. The molecule has 2 N–H and O–H groups in total. The van der Waals surface area contributed by atoms with Crippen LogP contribution in [0.2, 0.25) is 0 Å². The fourth-order valence-electron chi connectivity index (χ4n) is 2.56. The second-order valence-electron chi connectivity index (χ2n) is 6.02. The Morgan fingerprint density at radius 2 is 1.69 bits per heavy atom. The second kappa shape index (κ2) is 8.80. The van der Waals surface area contributed by atoms with Gasteiger partial charge in [0.25, 0.3) is 0 Å². The number of aryl methyl sites for hydroxylation is 1. The van der Waals surface area contributed by atoms with Gasteiger partial charge in [0, 0.05) is 43.9 Å². The molecule has 0 radical (unpaired) electrons. The van der Waals surface area contributed by atoms with E-state index in [0.717, 1.165) is 11.3 Å². The Morgan fingerprint density at radius 3 is 2.35 bits per heavy atom. The number of anilines is 3. The molecule has 0 heterocycles. The zero-order valence-corrected chi connectivity index (χ0v) is 15.2. The van der Waals surface area contributed by atoms with Crippen molar-refractivity contribution in [1.29, 1.82) is 0 Å². The molecule has 3 amide bonds. The molecular weight excluding hydrogens is 330 g/mol. The van der Waals surface area contributed by atoms with Gasteiger partial charge in [-0.1, -0.05) is 24.3 Å². The molecule has 0 fully saturated rings. The molecule has 0 saturated heterocycles. The van der Waals surface area contributed by atoms with Crippen LogP contribution in [-0.4, -0.2) is 24.3 Å². The van der Waals surface area contributed by atoms with E-state index in [4.69, 9.17) is 0 Å². The van der Waals surface area contributed by atoms with E-state index >= 15 is 0 Å². The van der Waals surface area contributed by atoms with Crippen molar-refractivity contribution in [1.82, 2.24) is 0 Å². The van der Waals surface area contributed by atoms with E-state index < -0.39 is 0 Å². The average molecular weight is 353 g/mol. The summed E-state index contributed by atoms with van der Waals surface area (Å²) in [6.07, 6.45) is 0.165. The lowest BCUT2D eigenvalue weighted by Crippen LogP contribution is -2.32. The molecule has 2 rings (SSSR count). The first kappa shape index (κ1) is 19.2. The van der Waals surface area contributed by atoms with Crippen LogP contribution in [0.5, 0.6) is 0 Å². The number of rotatable bonds is 6. The maximum atomic E-state index is 12.2. The highest BCUT2D eigenvalue weighted by Crippen LogP contribution is 2.20. The molecule has 26 heavy (non-hydrogen) atoms. The molecule has 0 aliphatic heterocycles. The van der Waals surface area contributed by atoms with Crippen molar-refractivity contribution in [3.05, 3.63) is 54.1 Å². The average Bonchev–Trinajstić information content (AvgIpc) is 2.56. The van der Waals surface area contributed by atoms with Crippen molar-refractivity contribution in [3.63, 3.8) is 0 Å². The topological polar surface area (TPSA) is 78.5 Å². The van der Waals surface area contributed by atoms with E-state index in [1.54, 1.807) is 24.3 Å². The summed E-state index contributed by atoms with van der Waals surface area (Å²) in [5.41, 5.74) is 2.98. The third kappa shape index (κ3) is 5.44. The molecule has 0 saturated carbocycles. The highest BCUT2D eigenvalue weighted by molar-refractivity contribution is 5.96. The number of carbonyl (C=O) groups is 3. The molecule has 136 valence electrons. The molecule has 0 spiro atoms. The lowest BCUT2D eigenvalue weighted by Gasteiger charge is -2.22. The first-order valence-corrected chi connectivity index (χ1v) is 8.38. The molecule has 0 bridgehead atoms. The van der Waals surface area contributed by atoms with Crippen LogP contribution in [0.25, 0.3) is 0 Å². The molecule has 0 atom stereocenters. The number of amides is 3. The van der Waals surface area contributed by atoms with Crippen LogP contribution in [0.4, 0.5) is 17.1 Å². The summed E-state index contributed by atoms with van der Waals surface area (Å²) in [4.78, 5) is 37.0. The van der Waals surface area contributed by atoms with E-state index in [9.17, 15) is 14.4 Å². The molecule has 0 unspecified atom stereocenters. The standard InChI is InChI=1S/C20H23N3O3/c1-14-7-4-5-10-19(14)22-20(26)11-12-23(16(3)25)18-9-6-8-17(13-18)21-15(2)24/h4-10,13H,11-12H2,1-3H3,(H,21,24)(H,22,26). The predicted octanol–water partition coefficient (Wildman–Crippen LogP) is 3.34. The Kier molecular flexibility index (Phi) is 6.49. The Bertz CT molecular complexity index is 817. The van der Waals surface area contributed by atoms with Crippen LogP contribution in [0.1, 0.15) is 25.8 Å². The fraction of sp³-hybridized carbons (Fsp3) is 0.250. The van der Waals surface area contributed by atoms with E-state index in [2.05, 4.69) is 10.6 Å². The quantitative estimate of drug-likeness (QED) is 0.836. The molecule has 6 heteroatoms. The van der Waals surface area contributed by atoms with Crippen LogP contribution >= 0.6 is 0 Å². The minimum absolute atomic E-state index is 0.163. The monoisotopic (exact) mass is 353 g/mol. The van der Waals surface area contributed by atoms with Crippen molar-refractivity contribution in [3.8, 4) is 0 Å². The zero-order chi connectivity index (χ0) is 19.1. The maximum Gasteiger partial charge on any atom is 0.226 e. The minimum Gasteiger partial charge on any atom is -0.326 e. The van der Waals surface area contributed by atoms with Crippen molar-refractivity contribution in [2.24, 2.45) is 0 Å². The number of carbonyl (C=O) groups excluding carboxylic acids is 3. The van der Waals surface area contributed by atoms with Gasteiger partial charge in [-0.3, -0.25) is 14.4 Å². The van der Waals surface area contributed by atoms with E-state index in [1.165, 1.54) is 18.7 Å². The number of nitrogens with zero attached hydrogens (tertiary/aromatic N) is 1. The lowest BCUT2D eigenvalue weighted by atomic mass is 10.2. The van der Waals surface area contributed by atoms with E-state index in [0.29, 0.717) is 11.4 Å². The Balaban J connectivity index is 2.04. The van der Waals surface area contributed by atoms with E-state index in [1.807, 2.05) is 31.2 Å². The first-order valence-electron chi connectivity index (χ1n) is 8.38. The maximum absolute atomic E-state index is 12.2. The van der Waals surface area contributed by atoms with Crippen LogP contribution in [0.3, 0.4) is 0 Å². The summed E-state index contributed by atoms with van der Waals surface area (Å²) in [5.74, 6) is -0.522. The van der Waals surface area contributed by atoms with Gasteiger partial charge in [0.1, 0.15) is 0 Å². The summed E-state index contributed by atoms with van der Waals surface area (Å²) in [7, 11) is 0. The summed E-state index contributed by atoms with van der Waals surface area (Å²) in [5, 5.41) is 5.55. The largest absolute Gasteiger partial charge is 0.326 e. The minimum atomic E-state index is -0.186. The lowest BCUT2D eigenvalue weighted by molar-refractivity contribution is -0.117. The molecule has 0 aromatic heterocycles. The molecule has 2 aromatic carbocycles. The fourth-order valence-corrected chi connectivity index (χ4v) is 2.56. The first-order chi connectivity index (χ1) is 12.4. The Morgan fingerprint density at radius 1 is 0.962 bits per heavy atom. The SMILES string of the molecule is CC(=O)Nc1cccc(N(CCC(=O)Nc2ccccc2C)C(C)=O)c1. The molecular formula is C20H23N3O3. The van der Waals surface area contributed by atoms with Gasteiger partial charge in [-0.15, -0.1) is 0 Å². The van der Waals surface area contributed by atoms with E-state index in [-0.39, 0.29) is 30.7 Å². The van der Waals surface area contributed by atoms with Gasteiger partial charge < -0.3 is 15.5 Å². The number of nitrogens with one attached hydrogen (secondary N) is 2. The number of benzene rings is 2. The van der Waals surface area contributed by atoms with Crippen LogP contribution in [-0.2, 0) is 14.4 Å². The summed E-state index contributed by atoms with van der Waals surface area (Å²) in [6.45, 7) is 5.04. The second-order valence-corrected chi connectivity index (χ2v) is 6.02. The van der Waals surface area contributed by atoms with Crippen molar-refractivity contribution < 1.29 is 14.4 Å². The number of hydrogen-bond donors (Lipinski definition) is 2. The van der Waals surface area contributed by atoms with Gasteiger partial charge >= 0.3 is 0 Å². The summed E-state index contributed by atoms with van der Waals surface area (Å²) in [6, 6.07) is 14.5. The van der Waals surface area contributed by atoms with Crippen LogP contribution in [0.15, 0.2) is 48.5 Å². The van der Waals surface area contributed by atoms with Gasteiger partial charge in [-0.25, -0.2) is 0 Å². The van der Waals surface area contributed by atoms with Gasteiger partial charge in [0.15, 0.2) is 0 Å². The molecule has 2 aromatic rings. The van der Waals surface area contributed by atoms with Crippen LogP contribution < -0.4 is 15.5 Å². The number of para-hydroxylation sites is 1. The molecule has 6 nitrogen and oxygen atoms in total. The summed E-state index contributed by atoms with van der Waals surface area (Å²) >= 11 is 0.